The Morgan fingerprint density at radius 1 is 1.54 bits per heavy atom. The van der Waals surface area contributed by atoms with Gasteiger partial charge in [0.15, 0.2) is 0 Å². The van der Waals surface area contributed by atoms with Gasteiger partial charge < -0.3 is 5.32 Å². The van der Waals surface area contributed by atoms with Gasteiger partial charge in [-0.05, 0) is 43.9 Å². The Bertz CT molecular complexity index is 291. The predicted octanol–water partition coefficient (Wildman–Crippen LogP) is 2.94. The lowest BCUT2D eigenvalue weighted by molar-refractivity contribution is 0.482. The van der Waals surface area contributed by atoms with E-state index in [0.717, 1.165) is 10.9 Å². The van der Waals surface area contributed by atoms with Crippen molar-refractivity contribution in [3.8, 4) is 0 Å². The van der Waals surface area contributed by atoms with Crippen molar-refractivity contribution in [2.75, 3.05) is 13.6 Å². The molecular weight excluding hydrogens is 202 g/mol. The minimum absolute atomic E-state index is 0.558. The van der Waals surface area contributed by atoms with Gasteiger partial charge in [-0.2, -0.15) is 0 Å². The Morgan fingerprint density at radius 2 is 2.31 bits per heavy atom. The fraction of sp³-hybridized carbons (Fsp3) is 0.600. The maximum atomic E-state index is 5.89. The molecule has 13 heavy (non-hydrogen) atoms. The van der Waals surface area contributed by atoms with E-state index in [0.29, 0.717) is 5.41 Å². The zero-order valence-electron chi connectivity index (χ0n) is 7.77. The Hall–Kier alpha value is -0.0500. The zero-order valence-corrected chi connectivity index (χ0v) is 9.34. The van der Waals surface area contributed by atoms with Gasteiger partial charge in [-0.1, -0.05) is 11.6 Å². The molecule has 1 nitrogen and oxygen atoms in total. The van der Waals surface area contributed by atoms with Crippen LogP contribution in [0.5, 0.6) is 0 Å². The third-order valence-corrected chi connectivity index (χ3v) is 3.92. The third kappa shape index (κ3) is 2.25. The van der Waals surface area contributed by atoms with Gasteiger partial charge in [-0.25, -0.2) is 0 Å². The van der Waals surface area contributed by atoms with E-state index in [2.05, 4.69) is 11.4 Å². The summed E-state index contributed by atoms with van der Waals surface area (Å²) in [7, 11) is 2.03. The molecule has 0 unspecified atom stereocenters. The standard InChI is InChI=1S/C10H14ClNS/c1-12-7-10(4-5-10)6-8-2-3-9(11)13-8/h2-3,12H,4-7H2,1H3. The molecule has 0 spiro atoms. The first-order valence-electron chi connectivity index (χ1n) is 4.63. The fourth-order valence-electron chi connectivity index (χ4n) is 1.78. The second-order valence-electron chi connectivity index (χ2n) is 3.91. The maximum absolute atomic E-state index is 5.89. The van der Waals surface area contributed by atoms with Crippen molar-refractivity contribution in [1.29, 1.82) is 0 Å². The molecule has 0 aliphatic heterocycles. The summed E-state index contributed by atoms with van der Waals surface area (Å²) in [5.41, 5.74) is 0.558. The summed E-state index contributed by atoms with van der Waals surface area (Å²) in [6.07, 6.45) is 3.93. The molecule has 1 saturated carbocycles. The van der Waals surface area contributed by atoms with Crippen molar-refractivity contribution in [3.63, 3.8) is 0 Å². The second kappa shape index (κ2) is 3.60. The van der Waals surface area contributed by atoms with Crippen LogP contribution >= 0.6 is 22.9 Å². The molecule has 3 heteroatoms. The highest BCUT2D eigenvalue weighted by molar-refractivity contribution is 7.16. The van der Waals surface area contributed by atoms with Crippen LogP contribution in [0.3, 0.4) is 0 Å². The Morgan fingerprint density at radius 3 is 2.77 bits per heavy atom. The molecular formula is C10H14ClNS. The van der Waals surface area contributed by atoms with Gasteiger partial charge in [-0.3, -0.25) is 0 Å². The van der Waals surface area contributed by atoms with E-state index < -0.39 is 0 Å². The van der Waals surface area contributed by atoms with Crippen LogP contribution in [0.4, 0.5) is 0 Å². The lowest BCUT2D eigenvalue weighted by Crippen LogP contribution is -2.21. The summed E-state index contributed by atoms with van der Waals surface area (Å²) < 4.78 is 0.912. The number of rotatable bonds is 4. The summed E-state index contributed by atoms with van der Waals surface area (Å²) in [5.74, 6) is 0. The Balaban J connectivity index is 1.98. The molecule has 1 aliphatic carbocycles. The summed E-state index contributed by atoms with van der Waals surface area (Å²) in [6, 6.07) is 4.15. The van der Waals surface area contributed by atoms with Crippen LogP contribution < -0.4 is 5.32 Å². The van der Waals surface area contributed by atoms with Crippen molar-refractivity contribution in [2.45, 2.75) is 19.3 Å². The number of halogens is 1. The van der Waals surface area contributed by atoms with Crippen molar-refractivity contribution in [1.82, 2.24) is 5.32 Å². The smallest absolute Gasteiger partial charge is 0.0931 e. The largest absolute Gasteiger partial charge is 0.319 e. The van der Waals surface area contributed by atoms with Gasteiger partial charge >= 0.3 is 0 Å². The highest BCUT2D eigenvalue weighted by Crippen LogP contribution is 2.48. The Labute approximate surface area is 88.1 Å². The molecule has 1 fully saturated rings. The quantitative estimate of drug-likeness (QED) is 0.815. The van der Waals surface area contributed by atoms with Crippen molar-refractivity contribution < 1.29 is 0 Å². The van der Waals surface area contributed by atoms with Crippen LogP contribution in [0.15, 0.2) is 12.1 Å². The maximum Gasteiger partial charge on any atom is 0.0931 e. The average Bonchev–Trinajstić information content (AvgIpc) is 2.70. The molecule has 1 aromatic rings. The van der Waals surface area contributed by atoms with Crippen LogP contribution in [0.25, 0.3) is 0 Å². The van der Waals surface area contributed by atoms with Crippen LogP contribution in [-0.4, -0.2) is 13.6 Å². The van der Waals surface area contributed by atoms with E-state index in [1.165, 1.54) is 24.1 Å². The molecule has 0 atom stereocenters. The monoisotopic (exact) mass is 215 g/mol. The fourth-order valence-corrected chi connectivity index (χ4v) is 3.05. The predicted molar refractivity (Wildman–Crippen MR) is 58.6 cm³/mol. The van der Waals surface area contributed by atoms with Crippen molar-refractivity contribution in [3.05, 3.63) is 21.3 Å². The van der Waals surface area contributed by atoms with Gasteiger partial charge in [0.1, 0.15) is 0 Å². The number of nitrogens with one attached hydrogen (secondary N) is 1. The molecule has 72 valence electrons. The van der Waals surface area contributed by atoms with Gasteiger partial charge in [-0.15, -0.1) is 11.3 Å². The third-order valence-electron chi connectivity index (χ3n) is 2.69. The van der Waals surface area contributed by atoms with Gasteiger partial charge in [0, 0.05) is 11.4 Å². The van der Waals surface area contributed by atoms with Crippen LogP contribution in [-0.2, 0) is 6.42 Å². The summed E-state index contributed by atoms with van der Waals surface area (Å²) in [4.78, 5) is 1.43. The first-order chi connectivity index (χ1) is 6.24. The lowest BCUT2D eigenvalue weighted by Gasteiger charge is -2.12. The van der Waals surface area contributed by atoms with E-state index in [1.807, 2.05) is 13.1 Å². The molecule has 1 heterocycles. The number of hydrogen-bond donors (Lipinski definition) is 1. The minimum atomic E-state index is 0.558. The normalized spacial score (nSPS) is 18.9. The molecule has 1 aliphatic rings. The summed E-state index contributed by atoms with van der Waals surface area (Å²) in [6.45, 7) is 1.14. The molecule has 0 saturated heterocycles. The highest BCUT2D eigenvalue weighted by Gasteiger charge is 2.41. The molecule has 0 bridgehead atoms. The van der Waals surface area contributed by atoms with Gasteiger partial charge in [0.05, 0.1) is 4.34 Å². The number of hydrogen-bond acceptors (Lipinski definition) is 2. The summed E-state index contributed by atoms with van der Waals surface area (Å²) >= 11 is 7.61. The molecule has 0 aromatic carbocycles. The first-order valence-corrected chi connectivity index (χ1v) is 5.82. The summed E-state index contributed by atoms with van der Waals surface area (Å²) in [5, 5.41) is 3.27. The second-order valence-corrected chi connectivity index (χ2v) is 5.71. The minimum Gasteiger partial charge on any atom is -0.319 e. The van der Waals surface area contributed by atoms with E-state index >= 15 is 0 Å². The first kappa shape index (κ1) is 9.50. The topological polar surface area (TPSA) is 12.0 Å². The highest BCUT2D eigenvalue weighted by atomic mass is 35.5. The molecule has 2 rings (SSSR count). The molecule has 0 radical (unpaired) electrons. The van der Waals surface area contributed by atoms with Crippen LogP contribution in [0, 0.1) is 5.41 Å². The van der Waals surface area contributed by atoms with E-state index in [1.54, 1.807) is 11.3 Å². The molecule has 1 N–H and O–H groups in total. The molecule has 0 amide bonds. The van der Waals surface area contributed by atoms with Crippen molar-refractivity contribution in [2.24, 2.45) is 5.41 Å². The van der Waals surface area contributed by atoms with Gasteiger partial charge in [0.25, 0.3) is 0 Å². The number of thiophene rings is 1. The molecule has 1 aromatic heterocycles. The Kier molecular flexibility index (Phi) is 2.63. The van der Waals surface area contributed by atoms with E-state index in [9.17, 15) is 0 Å². The average molecular weight is 216 g/mol. The van der Waals surface area contributed by atoms with Crippen LogP contribution in [0.1, 0.15) is 17.7 Å². The SMILES string of the molecule is CNCC1(Cc2ccc(Cl)s2)CC1. The van der Waals surface area contributed by atoms with Crippen molar-refractivity contribution >= 4 is 22.9 Å². The van der Waals surface area contributed by atoms with Gasteiger partial charge in [0.2, 0.25) is 0 Å². The van der Waals surface area contributed by atoms with E-state index in [-0.39, 0.29) is 0 Å². The van der Waals surface area contributed by atoms with E-state index in [4.69, 9.17) is 11.6 Å². The zero-order chi connectivity index (χ0) is 9.31. The lowest BCUT2D eigenvalue weighted by atomic mass is 10.0. The van der Waals surface area contributed by atoms with Crippen LogP contribution in [0.2, 0.25) is 4.34 Å².